The topological polar surface area (TPSA) is 414 Å². The van der Waals surface area contributed by atoms with Gasteiger partial charge in [-0.3, -0.25) is 35.0 Å². The highest BCUT2D eigenvalue weighted by Crippen LogP contribution is 2.44. The monoisotopic (exact) mass is 1280 g/mol. The molecule has 3 saturated carbocycles. The zero-order valence-corrected chi connectivity index (χ0v) is 54.4. The molecule has 3 heterocycles. The molecule has 89 heavy (non-hydrogen) atoms. The van der Waals surface area contributed by atoms with Crippen LogP contribution in [0.2, 0.25) is 0 Å². The molecular formula is C63H89N13O10S3. The van der Waals surface area contributed by atoms with Gasteiger partial charge in [-0.1, -0.05) is 38.5 Å². The number of guanidine groups is 2. The van der Waals surface area contributed by atoms with Gasteiger partial charge in [0.2, 0.25) is 5.96 Å². The first-order valence-electron chi connectivity index (χ1n) is 30.3. The fourth-order valence-corrected chi connectivity index (χ4v) is 14.1. The van der Waals surface area contributed by atoms with E-state index in [0.717, 1.165) is 66.6 Å². The van der Waals surface area contributed by atoms with Crippen molar-refractivity contribution < 1.29 is 47.7 Å². The molecule has 3 fully saturated rings. The average molecular weight is 1280 g/mol. The highest BCUT2D eigenvalue weighted by Gasteiger charge is 2.26. The maximum absolute atomic E-state index is 12.4. The van der Waals surface area contributed by atoms with Crippen LogP contribution in [0, 0.1) is 17.8 Å². The molecule has 26 heteroatoms. The third-order valence-corrected chi connectivity index (χ3v) is 18.6. The van der Waals surface area contributed by atoms with E-state index in [1.807, 2.05) is 36.4 Å². The van der Waals surface area contributed by atoms with E-state index in [1.54, 1.807) is 41.5 Å². The predicted molar refractivity (Wildman–Crippen MR) is 359 cm³/mol. The molecule has 0 saturated heterocycles. The smallest absolute Gasteiger partial charge is 0.414 e. The Kier molecular flexibility index (Phi) is 24.0. The lowest BCUT2D eigenvalue weighted by Gasteiger charge is -2.22. The van der Waals surface area contributed by atoms with Crippen LogP contribution >= 0.6 is 34.0 Å². The van der Waals surface area contributed by atoms with Gasteiger partial charge in [-0.05, 0) is 177 Å². The molecule has 3 aliphatic carbocycles. The van der Waals surface area contributed by atoms with Crippen molar-refractivity contribution in [1.29, 1.82) is 0 Å². The third-order valence-electron chi connectivity index (χ3n) is 15.1. The molecule has 0 radical (unpaired) electrons. The Hall–Kier alpha value is -7.81. The van der Waals surface area contributed by atoms with E-state index >= 15 is 0 Å². The van der Waals surface area contributed by atoms with E-state index in [1.165, 1.54) is 98.2 Å². The average Bonchev–Trinajstić information content (AvgIpc) is 2.70. The summed E-state index contributed by atoms with van der Waals surface area (Å²) in [6.07, 6.45) is 14.9. The molecule has 3 aromatic carbocycles. The second-order valence-electron chi connectivity index (χ2n) is 24.7. The standard InChI is InChI=1S/C28H41N5O6S.C18H25N5O2S.C17H23N3O2S/c1-27(2,3)38-25(35)32-24(33-26(36)39-28(4,5)6)31-12-11-17-13-18(37-15-16-9-7-8-10-16)20-19(14-17)40-22(21(20)29)23(30)34;19-15-14-12(25-9-10-3-1-2-4-10)7-11(5-6-23-18(21)22)8-13(14)26-16(15)17(20)24;18-6-5-11-7-12(22-9-10-3-1-2-4-10)14-13(8-11)23-16(15(14)19)17(20)21/h13-14,16H,7-12,15,29H2,1-6H3,(H2,30,34)(H2,31,32,33,35,36);7-8,10H,1-6,9,19H2,(H2,20,24)(H4,21,22,23);7-8,10H,1-6,9,18-19H2,(H2,20,21). The second kappa shape index (κ2) is 31.1. The predicted octanol–water partition coefficient (Wildman–Crippen LogP) is 9.72. The van der Waals surface area contributed by atoms with Crippen LogP contribution in [0.4, 0.5) is 26.7 Å². The highest BCUT2D eigenvalue weighted by molar-refractivity contribution is 7.22. The van der Waals surface area contributed by atoms with E-state index < -0.39 is 41.1 Å². The minimum absolute atomic E-state index is 0.0696. The van der Waals surface area contributed by atoms with Crippen molar-refractivity contribution >= 4 is 123 Å². The number of nitrogen functional groups attached to an aromatic ring is 3. The van der Waals surface area contributed by atoms with Gasteiger partial charge in [-0.15, -0.1) is 34.0 Å². The van der Waals surface area contributed by atoms with E-state index in [4.69, 9.17) is 75.3 Å². The Bertz CT molecular complexity index is 3510. The summed E-state index contributed by atoms with van der Waals surface area (Å²) in [5.74, 6) is 2.09. The lowest BCUT2D eigenvalue weighted by Crippen LogP contribution is -2.47. The molecule has 3 aromatic heterocycles. The molecular weight excluding hydrogens is 1190 g/mol. The normalized spacial score (nSPS) is 14.6. The van der Waals surface area contributed by atoms with Gasteiger partial charge in [0, 0.05) is 27.2 Å². The van der Waals surface area contributed by atoms with Crippen molar-refractivity contribution in [3.63, 3.8) is 0 Å². The number of nitrogens with zero attached hydrogens (tertiary/aromatic N) is 2. The largest absolute Gasteiger partial charge is 0.493 e. The highest BCUT2D eigenvalue weighted by atomic mass is 32.1. The molecule has 23 nitrogen and oxygen atoms in total. The van der Waals surface area contributed by atoms with Crippen molar-refractivity contribution in [3.05, 3.63) is 67.7 Å². The molecule has 3 aliphatic rings. The summed E-state index contributed by atoms with van der Waals surface area (Å²) in [6, 6.07) is 11.8. The molecule has 0 unspecified atom stereocenters. The molecule has 0 atom stereocenters. The molecule has 6 aromatic rings. The summed E-state index contributed by atoms with van der Waals surface area (Å²) in [7, 11) is 0. The summed E-state index contributed by atoms with van der Waals surface area (Å²) in [6.45, 7) is 13.6. The zero-order valence-electron chi connectivity index (χ0n) is 51.9. The maximum Gasteiger partial charge on any atom is 0.414 e. The number of carbonyl (C=O) groups is 5. The Labute approximate surface area is 531 Å². The number of primary amides is 3. The van der Waals surface area contributed by atoms with Crippen LogP contribution in [-0.2, 0) is 28.7 Å². The fourth-order valence-electron chi connectivity index (χ4n) is 11.0. The van der Waals surface area contributed by atoms with Crippen molar-refractivity contribution in [1.82, 2.24) is 10.6 Å². The Morgan fingerprint density at radius 1 is 0.483 bits per heavy atom. The van der Waals surface area contributed by atoms with Gasteiger partial charge in [0.15, 0.2) is 5.96 Å². The number of carbonyl (C=O) groups excluding carboxylic acids is 5. The number of nitrogens with two attached hydrogens (primary N) is 9. The van der Waals surface area contributed by atoms with Gasteiger partial charge in [-0.25, -0.2) is 9.59 Å². The molecule has 20 N–H and O–H groups in total. The van der Waals surface area contributed by atoms with Crippen LogP contribution in [0.25, 0.3) is 30.3 Å². The zero-order chi connectivity index (χ0) is 64.7. The summed E-state index contributed by atoms with van der Waals surface area (Å²) in [4.78, 5) is 69.4. The minimum atomic E-state index is -0.764. The van der Waals surface area contributed by atoms with Gasteiger partial charge in [-0.2, -0.15) is 0 Å². The van der Waals surface area contributed by atoms with Crippen LogP contribution in [-0.4, -0.2) is 92.5 Å². The van der Waals surface area contributed by atoms with Gasteiger partial charge in [0.05, 0.1) is 53.0 Å². The maximum atomic E-state index is 12.4. The fraction of sp³-hybridized carbons (Fsp3) is 0.508. The first-order chi connectivity index (χ1) is 42.2. The summed E-state index contributed by atoms with van der Waals surface area (Å²) in [5, 5.41) is 7.22. The van der Waals surface area contributed by atoms with Crippen LogP contribution in [0.3, 0.4) is 0 Å². The number of anilines is 3. The van der Waals surface area contributed by atoms with Crippen molar-refractivity contribution in [2.75, 3.05) is 56.7 Å². The van der Waals surface area contributed by atoms with Gasteiger partial charge in [0.25, 0.3) is 17.7 Å². The number of rotatable bonds is 20. The molecule has 0 aliphatic heterocycles. The first-order valence-corrected chi connectivity index (χ1v) is 32.7. The quantitative estimate of drug-likeness (QED) is 0.0250. The number of benzene rings is 3. The lowest BCUT2D eigenvalue weighted by atomic mass is 10.1. The van der Waals surface area contributed by atoms with Gasteiger partial charge >= 0.3 is 12.2 Å². The lowest BCUT2D eigenvalue weighted by molar-refractivity contribution is 0.0543. The van der Waals surface area contributed by atoms with E-state index in [0.29, 0.717) is 112 Å². The van der Waals surface area contributed by atoms with E-state index in [-0.39, 0.29) is 18.5 Å². The summed E-state index contributed by atoms with van der Waals surface area (Å²) < 4.78 is 31.7. The number of alkyl carbamates (subject to hydrolysis) is 2. The number of hydrogen-bond donors (Lipinski definition) is 11. The van der Waals surface area contributed by atoms with E-state index in [2.05, 4.69) is 20.6 Å². The minimum Gasteiger partial charge on any atom is -0.493 e. The first kappa shape index (κ1) is 68.7. The van der Waals surface area contributed by atoms with Crippen LogP contribution in [0.1, 0.15) is 164 Å². The van der Waals surface area contributed by atoms with Crippen LogP contribution in [0.5, 0.6) is 17.2 Å². The molecule has 484 valence electrons. The van der Waals surface area contributed by atoms with Crippen molar-refractivity contribution in [3.8, 4) is 17.2 Å². The Morgan fingerprint density at radius 2 is 0.787 bits per heavy atom. The number of fused-ring (bicyclic) bond motifs is 3. The summed E-state index contributed by atoms with van der Waals surface area (Å²) in [5.41, 5.74) is 54.2. The number of amides is 5. The van der Waals surface area contributed by atoms with Crippen LogP contribution < -0.4 is 76.4 Å². The molecule has 9 rings (SSSR count). The Balaban J connectivity index is 0.000000200. The molecule has 5 amide bonds. The van der Waals surface area contributed by atoms with E-state index in [9.17, 15) is 24.0 Å². The number of aliphatic imine (C=N–C) groups is 2. The second-order valence-corrected chi connectivity index (χ2v) is 27.9. The number of thiophene rings is 3. The summed E-state index contributed by atoms with van der Waals surface area (Å²) >= 11 is 3.84. The Morgan fingerprint density at radius 3 is 1.07 bits per heavy atom. The number of nitrogens with one attached hydrogen (secondary N) is 2. The number of hydrogen-bond acceptors (Lipinski definition) is 19. The van der Waals surface area contributed by atoms with Crippen molar-refractivity contribution in [2.24, 2.45) is 62.1 Å². The number of ether oxygens (including phenoxy) is 5. The van der Waals surface area contributed by atoms with Gasteiger partial charge in [0.1, 0.15) is 43.1 Å². The SMILES string of the molecule is CC(C)(C)OC(=O)NC(=NCCc1cc(OCC2CCCC2)c2c(N)c(C(N)=O)sc2c1)NC(=O)OC(C)(C)C.NC(=O)c1sc2cc(CCN=C(N)N)cc(OCC3CCCC3)c2c1N.NCCc1cc(OCC2CCCC2)c2c(N)c(C(N)=O)sc2c1. The molecule has 0 spiro atoms. The van der Waals surface area contributed by atoms with Crippen LogP contribution in [0.15, 0.2) is 46.4 Å². The third kappa shape index (κ3) is 19.8. The van der Waals surface area contributed by atoms with Crippen molar-refractivity contribution in [2.45, 2.75) is 149 Å². The molecule has 0 bridgehead atoms. The van der Waals surface area contributed by atoms with Gasteiger partial charge < -0.3 is 75.3 Å².